The third-order valence-electron chi connectivity index (χ3n) is 2.68. The lowest BCUT2D eigenvalue weighted by atomic mass is 10.2. The standard InChI is InChI=1S/C14H11ClFNO4/c1-20-11-2-3-14(13(7-11)17(18)19)21-12-5-9(8-15)4-10(16)6-12/h2-7H,8H2,1H3. The molecule has 0 spiro atoms. The smallest absolute Gasteiger partial charge is 0.315 e. The van der Waals surface area contributed by atoms with Gasteiger partial charge in [0.25, 0.3) is 0 Å². The zero-order valence-electron chi connectivity index (χ0n) is 11.0. The number of rotatable bonds is 5. The molecule has 2 rings (SSSR count). The molecule has 5 nitrogen and oxygen atoms in total. The molecule has 0 radical (unpaired) electrons. The van der Waals surface area contributed by atoms with Crippen LogP contribution in [0.15, 0.2) is 36.4 Å². The van der Waals surface area contributed by atoms with Crippen molar-refractivity contribution in [3.05, 3.63) is 57.9 Å². The van der Waals surface area contributed by atoms with Gasteiger partial charge in [-0.2, -0.15) is 0 Å². The Bertz CT molecular complexity index is 678. The molecule has 0 fully saturated rings. The molecule has 0 heterocycles. The fourth-order valence-corrected chi connectivity index (χ4v) is 1.89. The number of methoxy groups -OCH3 is 1. The van der Waals surface area contributed by atoms with Gasteiger partial charge in [-0.3, -0.25) is 10.1 Å². The summed E-state index contributed by atoms with van der Waals surface area (Å²) < 4.78 is 23.7. The van der Waals surface area contributed by atoms with Crippen molar-refractivity contribution >= 4 is 17.3 Å². The maximum atomic E-state index is 13.4. The van der Waals surface area contributed by atoms with Crippen LogP contribution in [-0.4, -0.2) is 12.0 Å². The highest BCUT2D eigenvalue weighted by Gasteiger charge is 2.17. The van der Waals surface area contributed by atoms with E-state index in [1.54, 1.807) is 0 Å². The fraction of sp³-hybridized carbons (Fsp3) is 0.143. The lowest BCUT2D eigenvalue weighted by Gasteiger charge is -2.09. The van der Waals surface area contributed by atoms with Crippen molar-refractivity contribution in [3.8, 4) is 17.2 Å². The molecule has 0 aromatic heterocycles. The van der Waals surface area contributed by atoms with Gasteiger partial charge in [0.15, 0.2) is 0 Å². The van der Waals surface area contributed by atoms with Crippen LogP contribution in [0, 0.1) is 15.9 Å². The minimum Gasteiger partial charge on any atom is -0.496 e. The molecule has 0 saturated carbocycles. The average Bonchev–Trinajstić information content (AvgIpc) is 2.46. The summed E-state index contributed by atoms with van der Waals surface area (Å²) in [5.41, 5.74) is 0.244. The van der Waals surface area contributed by atoms with Gasteiger partial charge in [-0.25, -0.2) is 4.39 Å². The topological polar surface area (TPSA) is 61.6 Å². The van der Waals surface area contributed by atoms with Crippen molar-refractivity contribution in [1.82, 2.24) is 0 Å². The molecule has 21 heavy (non-hydrogen) atoms. The summed E-state index contributed by atoms with van der Waals surface area (Å²) in [6, 6.07) is 8.06. The van der Waals surface area contributed by atoms with Gasteiger partial charge in [0.2, 0.25) is 5.75 Å². The van der Waals surface area contributed by atoms with Gasteiger partial charge in [0, 0.05) is 11.9 Å². The van der Waals surface area contributed by atoms with E-state index in [2.05, 4.69) is 0 Å². The van der Waals surface area contributed by atoms with E-state index in [0.29, 0.717) is 11.3 Å². The fourth-order valence-electron chi connectivity index (χ4n) is 1.74. The zero-order chi connectivity index (χ0) is 15.4. The lowest BCUT2D eigenvalue weighted by Crippen LogP contribution is -1.95. The molecular formula is C14H11ClFNO4. The third-order valence-corrected chi connectivity index (χ3v) is 2.98. The molecule has 0 unspecified atom stereocenters. The number of nitro groups is 1. The number of benzene rings is 2. The molecule has 0 amide bonds. The normalized spacial score (nSPS) is 10.2. The van der Waals surface area contributed by atoms with Gasteiger partial charge in [-0.05, 0) is 29.8 Å². The average molecular weight is 312 g/mol. The first kappa shape index (κ1) is 15.1. The van der Waals surface area contributed by atoms with Crippen molar-refractivity contribution < 1.29 is 18.8 Å². The van der Waals surface area contributed by atoms with E-state index in [1.807, 2.05) is 0 Å². The summed E-state index contributed by atoms with van der Waals surface area (Å²) >= 11 is 5.65. The van der Waals surface area contributed by atoms with Crippen LogP contribution < -0.4 is 9.47 Å². The van der Waals surface area contributed by atoms with E-state index in [1.165, 1.54) is 37.4 Å². The first-order valence-electron chi connectivity index (χ1n) is 5.89. The van der Waals surface area contributed by atoms with Crippen LogP contribution in [0.4, 0.5) is 10.1 Å². The van der Waals surface area contributed by atoms with E-state index in [0.717, 1.165) is 6.07 Å². The van der Waals surface area contributed by atoms with Crippen molar-refractivity contribution in [1.29, 1.82) is 0 Å². The summed E-state index contributed by atoms with van der Waals surface area (Å²) in [4.78, 5) is 10.4. The number of nitro benzene ring substituents is 1. The van der Waals surface area contributed by atoms with Gasteiger partial charge in [-0.1, -0.05) is 0 Å². The van der Waals surface area contributed by atoms with E-state index in [4.69, 9.17) is 21.1 Å². The van der Waals surface area contributed by atoms with E-state index >= 15 is 0 Å². The van der Waals surface area contributed by atoms with Crippen molar-refractivity contribution in [2.45, 2.75) is 5.88 Å². The van der Waals surface area contributed by atoms with Gasteiger partial charge >= 0.3 is 5.69 Å². The van der Waals surface area contributed by atoms with Crippen LogP contribution in [0.1, 0.15) is 5.56 Å². The summed E-state index contributed by atoms with van der Waals surface area (Å²) in [5.74, 6) is 0.0404. The Morgan fingerprint density at radius 3 is 2.62 bits per heavy atom. The maximum Gasteiger partial charge on any atom is 0.315 e. The Morgan fingerprint density at radius 2 is 2.00 bits per heavy atom. The largest absolute Gasteiger partial charge is 0.496 e. The molecule has 2 aromatic carbocycles. The number of hydrogen-bond donors (Lipinski definition) is 0. The van der Waals surface area contributed by atoms with Crippen LogP contribution in [0.3, 0.4) is 0 Å². The highest BCUT2D eigenvalue weighted by molar-refractivity contribution is 6.17. The second-order valence-electron chi connectivity index (χ2n) is 4.12. The molecule has 0 atom stereocenters. The number of nitrogens with zero attached hydrogens (tertiary/aromatic N) is 1. The molecule has 0 bridgehead atoms. The molecule has 7 heteroatoms. The predicted octanol–water partition coefficient (Wildman–Crippen LogP) is 4.27. The Labute approximate surface area is 125 Å². The van der Waals surface area contributed by atoms with Gasteiger partial charge in [-0.15, -0.1) is 11.6 Å². The van der Waals surface area contributed by atoms with Gasteiger partial charge in [0.1, 0.15) is 17.3 Å². The van der Waals surface area contributed by atoms with Crippen molar-refractivity contribution in [2.75, 3.05) is 7.11 Å². The lowest BCUT2D eigenvalue weighted by molar-refractivity contribution is -0.385. The molecule has 0 N–H and O–H groups in total. The minimum absolute atomic E-state index is 0.00748. The van der Waals surface area contributed by atoms with Crippen LogP contribution in [0.25, 0.3) is 0 Å². The molecule has 0 aliphatic heterocycles. The van der Waals surface area contributed by atoms with Gasteiger partial charge < -0.3 is 9.47 Å². The van der Waals surface area contributed by atoms with Crippen LogP contribution >= 0.6 is 11.6 Å². The summed E-state index contributed by atoms with van der Waals surface area (Å²) in [6.45, 7) is 0. The number of ether oxygens (including phenoxy) is 2. The molecule has 0 saturated heterocycles. The predicted molar refractivity (Wildman–Crippen MR) is 75.7 cm³/mol. The van der Waals surface area contributed by atoms with E-state index in [9.17, 15) is 14.5 Å². The second-order valence-corrected chi connectivity index (χ2v) is 4.39. The molecule has 0 aliphatic rings. The SMILES string of the molecule is COc1ccc(Oc2cc(F)cc(CCl)c2)c([N+](=O)[O-])c1. The molecule has 0 aliphatic carbocycles. The molecule has 2 aromatic rings. The maximum absolute atomic E-state index is 13.4. The molecule has 110 valence electrons. The highest BCUT2D eigenvalue weighted by Crippen LogP contribution is 2.35. The number of hydrogen-bond acceptors (Lipinski definition) is 4. The Balaban J connectivity index is 2.39. The van der Waals surface area contributed by atoms with Crippen LogP contribution in [-0.2, 0) is 5.88 Å². The zero-order valence-corrected chi connectivity index (χ0v) is 11.8. The van der Waals surface area contributed by atoms with Gasteiger partial charge in [0.05, 0.1) is 18.1 Å². The number of alkyl halides is 1. The minimum atomic E-state index is -0.598. The Hall–Kier alpha value is -2.34. The summed E-state index contributed by atoms with van der Waals surface area (Å²) in [7, 11) is 1.40. The first-order valence-corrected chi connectivity index (χ1v) is 6.42. The van der Waals surface area contributed by atoms with Crippen LogP contribution in [0.2, 0.25) is 0 Å². The quantitative estimate of drug-likeness (QED) is 0.470. The van der Waals surface area contributed by atoms with E-state index < -0.39 is 10.7 Å². The number of halogens is 2. The summed E-state index contributed by atoms with van der Waals surface area (Å²) in [6.07, 6.45) is 0. The van der Waals surface area contributed by atoms with Crippen LogP contribution in [0.5, 0.6) is 17.2 Å². The highest BCUT2D eigenvalue weighted by atomic mass is 35.5. The third kappa shape index (κ3) is 3.61. The van der Waals surface area contributed by atoms with E-state index in [-0.39, 0.29) is 23.1 Å². The van der Waals surface area contributed by atoms with Crippen molar-refractivity contribution in [2.24, 2.45) is 0 Å². The summed E-state index contributed by atoms with van der Waals surface area (Å²) in [5, 5.41) is 11.0. The first-order chi connectivity index (χ1) is 10.0. The van der Waals surface area contributed by atoms with Crippen molar-refractivity contribution in [3.63, 3.8) is 0 Å². The molecular weight excluding hydrogens is 301 g/mol. The monoisotopic (exact) mass is 311 g/mol. The Morgan fingerprint density at radius 1 is 1.24 bits per heavy atom. The Kier molecular flexibility index (Phi) is 4.59. The second kappa shape index (κ2) is 6.41.